The molecular weight excluding hydrogens is 240 g/mol. The van der Waals surface area contributed by atoms with Gasteiger partial charge in [-0.15, -0.1) is 0 Å². The minimum Gasteiger partial charge on any atom is -0.339 e. The molecule has 1 aliphatic heterocycles. The number of piperidine rings is 1. The van der Waals surface area contributed by atoms with Gasteiger partial charge in [-0.2, -0.15) is 0 Å². The third kappa shape index (κ3) is 3.19. The summed E-state index contributed by atoms with van der Waals surface area (Å²) in [5, 5.41) is -0.188. The second-order valence-corrected chi connectivity index (χ2v) is 7.03. The Morgan fingerprint density at radius 3 is 2.71 bits per heavy atom. The summed E-state index contributed by atoms with van der Waals surface area (Å²) >= 11 is 0. The van der Waals surface area contributed by atoms with E-state index >= 15 is 0 Å². The number of rotatable bonds is 5. The van der Waals surface area contributed by atoms with Crippen molar-refractivity contribution >= 4 is 15.9 Å². The fourth-order valence-corrected chi connectivity index (χ4v) is 3.60. The maximum Gasteiger partial charge on any atom is 0.222 e. The SMILES string of the molecule is C[C@H](CNS(=O)(=O)C1CC1)N1CCCCC1=O. The maximum absolute atomic E-state index is 11.7. The molecule has 2 fully saturated rings. The van der Waals surface area contributed by atoms with Gasteiger partial charge in [0, 0.05) is 25.6 Å². The Balaban J connectivity index is 1.83. The van der Waals surface area contributed by atoms with E-state index in [2.05, 4.69) is 4.72 Å². The molecule has 1 saturated carbocycles. The van der Waals surface area contributed by atoms with Crippen molar-refractivity contribution in [1.29, 1.82) is 0 Å². The molecule has 0 bridgehead atoms. The second kappa shape index (κ2) is 4.94. The van der Waals surface area contributed by atoms with Crippen LogP contribution in [-0.2, 0) is 14.8 Å². The van der Waals surface area contributed by atoms with Crippen LogP contribution >= 0.6 is 0 Å². The molecule has 0 aromatic carbocycles. The van der Waals surface area contributed by atoms with Crippen molar-refractivity contribution in [2.45, 2.75) is 50.3 Å². The summed E-state index contributed by atoms with van der Waals surface area (Å²) in [4.78, 5) is 13.4. The van der Waals surface area contributed by atoms with Gasteiger partial charge in [0.1, 0.15) is 0 Å². The number of amides is 1. The molecule has 1 atom stereocenters. The first-order valence-corrected chi connectivity index (χ1v) is 7.83. The molecule has 6 heteroatoms. The van der Waals surface area contributed by atoms with Crippen LogP contribution in [0.5, 0.6) is 0 Å². The number of likely N-dealkylation sites (tertiary alicyclic amines) is 1. The van der Waals surface area contributed by atoms with Crippen LogP contribution in [0.15, 0.2) is 0 Å². The molecule has 0 radical (unpaired) electrons. The Hall–Kier alpha value is -0.620. The Bertz CT molecular complexity index is 390. The maximum atomic E-state index is 11.7. The van der Waals surface area contributed by atoms with Gasteiger partial charge in [0.15, 0.2) is 0 Å². The molecule has 0 spiro atoms. The molecule has 1 heterocycles. The number of hydrogen-bond acceptors (Lipinski definition) is 3. The first-order chi connectivity index (χ1) is 8.00. The lowest BCUT2D eigenvalue weighted by molar-refractivity contribution is -0.135. The van der Waals surface area contributed by atoms with Gasteiger partial charge in [0.25, 0.3) is 0 Å². The van der Waals surface area contributed by atoms with Crippen molar-refractivity contribution in [3.63, 3.8) is 0 Å². The van der Waals surface area contributed by atoms with E-state index in [4.69, 9.17) is 0 Å². The first-order valence-electron chi connectivity index (χ1n) is 6.28. The minimum atomic E-state index is -3.13. The summed E-state index contributed by atoms with van der Waals surface area (Å²) in [6, 6.07) is -0.0451. The summed E-state index contributed by atoms with van der Waals surface area (Å²) in [6.07, 6.45) is 4.11. The zero-order valence-electron chi connectivity index (χ0n) is 10.2. The van der Waals surface area contributed by atoms with E-state index < -0.39 is 10.0 Å². The summed E-state index contributed by atoms with van der Waals surface area (Å²) in [5.41, 5.74) is 0. The third-order valence-corrected chi connectivity index (χ3v) is 5.35. The standard InChI is InChI=1S/C11H20N2O3S/c1-9(13-7-3-2-4-11(13)14)8-12-17(15,16)10-5-6-10/h9-10,12H,2-8H2,1H3/t9-/m1/s1. The summed E-state index contributed by atoms with van der Waals surface area (Å²) in [6.45, 7) is 2.99. The van der Waals surface area contributed by atoms with Gasteiger partial charge in [0.2, 0.25) is 15.9 Å². The molecule has 17 heavy (non-hydrogen) atoms. The van der Waals surface area contributed by atoms with Crippen LogP contribution in [0, 0.1) is 0 Å². The summed E-state index contributed by atoms with van der Waals surface area (Å²) in [5.74, 6) is 0.148. The quantitative estimate of drug-likeness (QED) is 0.781. The van der Waals surface area contributed by atoms with E-state index in [0.717, 1.165) is 32.2 Å². The van der Waals surface area contributed by atoms with E-state index in [0.29, 0.717) is 13.0 Å². The zero-order valence-corrected chi connectivity index (χ0v) is 11.0. The van der Waals surface area contributed by atoms with Crippen LogP contribution < -0.4 is 4.72 Å². The number of nitrogens with one attached hydrogen (secondary N) is 1. The normalized spacial score (nSPS) is 23.8. The Kier molecular flexibility index (Phi) is 3.73. The number of carbonyl (C=O) groups is 1. The highest BCUT2D eigenvalue weighted by molar-refractivity contribution is 7.90. The van der Waals surface area contributed by atoms with Crippen molar-refractivity contribution in [3.05, 3.63) is 0 Å². The van der Waals surface area contributed by atoms with Crippen molar-refractivity contribution in [3.8, 4) is 0 Å². The largest absolute Gasteiger partial charge is 0.339 e. The highest BCUT2D eigenvalue weighted by Crippen LogP contribution is 2.27. The van der Waals surface area contributed by atoms with Gasteiger partial charge < -0.3 is 4.90 Å². The second-order valence-electron chi connectivity index (χ2n) is 4.99. The fraction of sp³-hybridized carbons (Fsp3) is 0.909. The minimum absolute atomic E-state index is 0.0451. The lowest BCUT2D eigenvalue weighted by Gasteiger charge is -2.32. The Morgan fingerprint density at radius 1 is 1.41 bits per heavy atom. The molecule has 2 aliphatic rings. The van der Waals surface area contributed by atoms with Gasteiger partial charge in [-0.1, -0.05) is 0 Å². The van der Waals surface area contributed by atoms with Gasteiger partial charge >= 0.3 is 0 Å². The van der Waals surface area contributed by atoms with E-state index in [1.54, 1.807) is 4.90 Å². The third-order valence-electron chi connectivity index (χ3n) is 3.44. The summed E-state index contributed by atoms with van der Waals surface area (Å²) in [7, 11) is -3.13. The lowest BCUT2D eigenvalue weighted by atomic mass is 10.1. The van der Waals surface area contributed by atoms with Crippen LogP contribution in [-0.4, -0.2) is 43.6 Å². The average molecular weight is 260 g/mol. The molecule has 0 aromatic heterocycles. The molecule has 2 rings (SSSR count). The molecular formula is C11H20N2O3S. The number of nitrogens with zero attached hydrogens (tertiary/aromatic N) is 1. The zero-order chi connectivity index (χ0) is 12.5. The predicted molar refractivity (Wildman–Crippen MR) is 65.0 cm³/mol. The lowest BCUT2D eigenvalue weighted by Crippen LogP contribution is -2.47. The number of hydrogen-bond donors (Lipinski definition) is 1. The van der Waals surface area contributed by atoms with Crippen molar-refractivity contribution in [2.75, 3.05) is 13.1 Å². The molecule has 1 saturated heterocycles. The topological polar surface area (TPSA) is 66.5 Å². The van der Waals surface area contributed by atoms with E-state index in [-0.39, 0.29) is 17.2 Å². The molecule has 98 valence electrons. The van der Waals surface area contributed by atoms with Crippen LogP contribution in [0.4, 0.5) is 0 Å². The Labute approximate surface area is 103 Å². The fourth-order valence-electron chi connectivity index (χ4n) is 2.14. The Morgan fingerprint density at radius 2 is 2.12 bits per heavy atom. The van der Waals surface area contributed by atoms with Crippen LogP contribution in [0.3, 0.4) is 0 Å². The van der Waals surface area contributed by atoms with Crippen molar-refractivity contribution < 1.29 is 13.2 Å². The highest BCUT2D eigenvalue weighted by Gasteiger charge is 2.36. The van der Waals surface area contributed by atoms with Crippen LogP contribution in [0.2, 0.25) is 0 Å². The summed E-state index contributed by atoms with van der Waals surface area (Å²) < 4.78 is 25.9. The van der Waals surface area contributed by atoms with Crippen LogP contribution in [0.1, 0.15) is 39.0 Å². The number of carbonyl (C=O) groups excluding carboxylic acids is 1. The van der Waals surface area contributed by atoms with Crippen LogP contribution in [0.25, 0.3) is 0 Å². The van der Waals surface area contributed by atoms with Gasteiger partial charge in [0.05, 0.1) is 5.25 Å². The number of sulfonamides is 1. The molecule has 5 nitrogen and oxygen atoms in total. The van der Waals surface area contributed by atoms with Crippen molar-refractivity contribution in [1.82, 2.24) is 9.62 Å². The van der Waals surface area contributed by atoms with Gasteiger partial charge in [-0.25, -0.2) is 13.1 Å². The smallest absolute Gasteiger partial charge is 0.222 e. The van der Waals surface area contributed by atoms with E-state index in [9.17, 15) is 13.2 Å². The predicted octanol–water partition coefficient (Wildman–Crippen LogP) is 0.469. The monoisotopic (exact) mass is 260 g/mol. The van der Waals surface area contributed by atoms with E-state index in [1.165, 1.54) is 0 Å². The van der Waals surface area contributed by atoms with Crippen molar-refractivity contribution in [2.24, 2.45) is 0 Å². The molecule has 1 amide bonds. The highest BCUT2D eigenvalue weighted by atomic mass is 32.2. The van der Waals surface area contributed by atoms with E-state index in [1.807, 2.05) is 6.92 Å². The molecule has 0 aromatic rings. The van der Waals surface area contributed by atoms with Gasteiger partial charge in [-0.05, 0) is 32.6 Å². The average Bonchev–Trinajstić information content (AvgIpc) is 3.11. The van der Waals surface area contributed by atoms with Gasteiger partial charge in [-0.3, -0.25) is 4.79 Å². The molecule has 1 N–H and O–H groups in total. The molecule has 1 aliphatic carbocycles. The first kappa shape index (κ1) is 12.8. The molecule has 0 unspecified atom stereocenters.